The molecule has 2 rings (SSSR count). The van der Waals surface area contributed by atoms with Gasteiger partial charge in [-0.15, -0.1) is 0 Å². The Kier molecular flexibility index (Phi) is 3.61. The number of hydrogen-bond acceptors (Lipinski definition) is 1. The van der Waals surface area contributed by atoms with Crippen LogP contribution in [-0.2, 0) is 10.5 Å². The minimum atomic E-state index is -1.56. The molecule has 104 valence electrons. The zero-order valence-corrected chi connectivity index (χ0v) is 11.1. The van der Waals surface area contributed by atoms with Crippen molar-refractivity contribution < 1.29 is 18.7 Å². The molecule has 0 amide bonds. The molecule has 1 saturated carbocycles. The van der Waals surface area contributed by atoms with Crippen molar-refractivity contribution >= 4 is 5.97 Å². The van der Waals surface area contributed by atoms with Crippen molar-refractivity contribution in [3.8, 4) is 0 Å². The molecular weight excluding hydrogens is 250 g/mol. The highest BCUT2D eigenvalue weighted by Gasteiger charge is 2.36. The lowest BCUT2D eigenvalue weighted by Gasteiger charge is -2.20. The second-order valence-corrected chi connectivity index (χ2v) is 5.75. The fourth-order valence-corrected chi connectivity index (χ4v) is 2.41. The first kappa shape index (κ1) is 14.0. The fraction of sp³-hybridized carbons (Fsp3) is 0.533. The van der Waals surface area contributed by atoms with Crippen LogP contribution >= 0.6 is 0 Å². The number of halogens is 2. The van der Waals surface area contributed by atoms with Crippen LogP contribution in [0.15, 0.2) is 18.2 Å². The van der Waals surface area contributed by atoms with Crippen molar-refractivity contribution in [2.45, 2.75) is 44.7 Å². The normalized spacial score (nSPS) is 17.3. The van der Waals surface area contributed by atoms with Crippen molar-refractivity contribution in [1.29, 1.82) is 0 Å². The summed E-state index contributed by atoms with van der Waals surface area (Å²) in [5, 5.41) is 8.95. The summed E-state index contributed by atoms with van der Waals surface area (Å²) in [6.45, 7) is 2.82. The van der Waals surface area contributed by atoms with E-state index in [2.05, 4.69) is 0 Å². The van der Waals surface area contributed by atoms with Gasteiger partial charge < -0.3 is 5.11 Å². The van der Waals surface area contributed by atoms with Crippen molar-refractivity contribution in [2.24, 2.45) is 5.92 Å². The molecule has 19 heavy (non-hydrogen) atoms. The predicted molar refractivity (Wildman–Crippen MR) is 68.3 cm³/mol. The maximum Gasteiger partial charge on any atom is 0.303 e. The molecule has 0 spiro atoms. The molecule has 0 aliphatic heterocycles. The van der Waals surface area contributed by atoms with Crippen molar-refractivity contribution in [1.82, 2.24) is 0 Å². The minimum absolute atomic E-state index is 0.0995. The van der Waals surface area contributed by atoms with Crippen LogP contribution in [0.5, 0.6) is 0 Å². The molecule has 1 aliphatic rings. The van der Waals surface area contributed by atoms with Crippen LogP contribution in [-0.4, -0.2) is 11.1 Å². The average molecular weight is 268 g/mol. The van der Waals surface area contributed by atoms with Gasteiger partial charge in [-0.05, 0) is 55.9 Å². The zero-order valence-electron chi connectivity index (χ0n) is 11.1. The first-order chi connectivity index (χ1) is 8.79. The zero-order chi connectivity index (χ0) is 14.2. The first-order valence-electron chi connectivity index (χ1n) is 6.49. The monoisotopic (exact) mass is 268 g/mol. The SMILES string of the molecule is CC(C)(F)c1ccc(F)c(C(CC(=O)O)C2CC2)c1. The Labute approximate surface area is 111 Å². The van der Waals surface area contributed by atoms with Crippen LogP contribution in [0.1, 0.15) is 50.2 Å². The molecule has 0 bridgehead atoms. The summed E-state index contributed by atoms with van der Waals surface area (Å²) >= 11 is 0. The molecule has 0 radical (unpaired) electrons. The summed E-state index contributed by atoms with van der Waals surface area (Å²) in [5.74, 6) is -1.52. The lowest BCUT2D eigenvalue weighted by Crippen LogP contribution is -2.14. The second kappa shape index (κ2) is 4.91. The predicted octanol–water partition coefficient (Wildman–Crippen LogP) is 4.00. The van der Waals surface area contributed by atoms with Crippen LogP contribution in [0.25, 0.3) is 0 Å². The number of carbonyl (C=O) groups is 1. The second-order valence-electron chi connectivity index (χ2n) is 5.75. The van der Waals surface area contributed by atoms with E-state index in [1.165, 1.54) is 32.0 Å². The Hall–Kier alpha value is -1.45. The molecular formula is C15H18F2O2. The van der Waals surface area contributed by atoms with Gasteiger partial charge in [-0.1, -0.05) is 6.07 Å². The maximum absolute atomic E-state index is 13.9. The van der Waals surface area contributed by atoms with Gasteiger partial charge in [0, 0.05) is 5.92 Å². The highest BCUT2D eigenvalue weighted by molar-refractivity contribution is 5.68. The lowest BCUT2D eigenvalue weighted by molar-refractivity contribution is -0.137. The van der Waals surface area contributed by atoms with E-state index in [1.54, 1.807) is 0 Å². The maximum atomic E-state index is 13.9. The van der Waals surface area contributed by atoms with Crippen molar-refractivity contribution in [3.63, 3.8) is 0 Å². The lowest BCUT2D eigenvalue weighted by atomic mass is 9.87. The van der Waals surface area contributed by atoms with E-state index in [0.717, 1.165) is 12.8 Å². The summed E-state index contributed by atoms with van der Waals surface area (Å²) in [4.78, 5) is 10.9. The third-order valence-corrected chi connectivity index (χ3v) is 3.67. The quantitative estimate of drug-likeness (QED) is 0.876. The molecule has 1 aliphatic carbocycles. The van der Waals surface area contributed by atoms with Crippen molar-refractivity contribution in [2.75, 3.05) is 0 Å². The van der Waals surface area contributed by atoms with E-state index in [9.17, 15) is 13.6 Å². The van der Waals surface area contributed by atoms with Gasteiger partial charge in [0.15, 0.2) is 0 Å². The van der Waals surface area contributed by atoms with Gasteiger partial charge in [0.25, 0.3) is 0 Å². The van der Waals surface area contributed by atoms with Gasteiger partial charge in [0.1, 0.15) is 11.5 Å². The molecule has 1 fully saturated rings. The number of alkyl halides is 1. The summed E-state index contributed by atoms with van der Waals surface area (Å²) in [5.41, 5.74) is -0.826. The van der Waals surface area contributed by atoms with Gasteiger partial charge in [-0.2, -0.15) is 0 Å². The molecule has 4 heteroatoms. The molecule has 1 N–H and O–H groups in total. The molecule has 0 heterocycles. The molecule has 1 aromatic carbocycles. The largest absolute Gasteiger partial charge is 0.481 e. The Bertz CT molecular complexity index is 487. The highest BCUT2D eigenvalue weighted by Crippen LogP contribution is 2.45. The first-order valence-corrected chi connectivity index (χ1v) is 6.49. The van der Waals surface area contributed by atoms with E-state index in [4.69, 9.17) is 5.11 Å². The summed E-state index contributed by atoms with van der Waals surface area (Å²) in [7, 11) is 0. The Balaban J connectivity index is 2.38. The van der Waals surface area contributed by atoms with E-state index < -0.39 is 17.5 Å². The Morgan fingerprint density at radius 3 is 2.58 bits per heavy atom. The van der Waals surface area contributed by atoms with Crippen LogP contribution in [0.3, 0.4) is 0 Å². The summed E-state index contributed by atoms with van der Waals surface area (Å²) < 4.78 is 27.9. The van der Waals surface area contributed by atoms with Crippen LogP contribution < -0.4 is 0 Å². The average Bonchev–Trinajstić information content (AvgIpc) is 3.08. The smallest absolute Gasteiger partial charge is 0.303 e. The number of hydrogen-bond donors (Lipinski definition) is 1. The Morgan fingerprint density at radius 2 is 2.11 bits per heavy atom. The van der Waals surface area contributed by atoms with Crippen molar-refractivity contribution in [3.05, 3.63) is 35.1 Å². The number of aliphatic carboxylic acids is 1. The van der Waals surface area contributed by atoms with E-state index in [1.807, 2.05) is 0 Å². The summed E-state index contributed by atoms with van der Waals surface area (Å²) in [6, 6.07) is 4.15. The topological polar surface area (TPSA) is 37.3 Å². The number of rotatable bonds is 5. The molecule has 0 aromatic heterocycles. The Morgan fingerprint density at radius 1 is 1.47 bits per heavy atom. The third-order valence-electron chi connectivity index (χ3n) is 3.67. The minimum Gasteiger partial charge on any atom is -0.481 e. The van der Waals surface area contributed by atoms with E-state index >= 15 is 0 Å². The van der Waals surface area contributed by atoms with Crippen LogP contribution in [0, 0.1) is 11.7 Å². The number of benzene rings is 1. The number of carboxylic acids is 1. The molecule has 1 unspecified atom stereocenters. The van der Waals surface area contributed by atoms with E-state index in [-0.39, 0.29) is 18.3 Å². The van der Waals surface area contributed by atoms with Gasteiger partial charge >= 0.3 is 5.97 Å². The molecule has 2 nitrogen and oxygen atoms in total. The summed E-state index contributed by atoms with van der Waals surface area (Å²) in [6.07, 6.45) is 1.74. The van der Waals surface area contributed by atoms with Gasteiger partial charge in [-0.25, -0.2) is 8.78 Å². The van der Waals surface area contributed by atoms with Crippen LogP contribution in [0.4, 0.5) is 8.78 Å². The standard InChI is InChI=1S/C15H18F2O2/c1-15(2,17)10-5-6-13(16)12(7-10)11(8-14(18)19)9-3-4-9/h5-7,9,11H,3-4,8H2,1-2H3,(H,18,19). The highest BCUT2D eigenvalue weighted by atomic mass is 19.1. The molecule has 1 aromatic rings. The fourth-order valence-electron chi connectivity index (χ4n) is 2.41. The van der Waals surface area contributed by atoms with Crippen LogP contribution in [0.2, 0.25) is 0 Å². The number of carboxylic acid groups (broad SMARTS) is 1. The van der Waals surface area contributed by atoms with E-state index in [0.29, 0.717) is 11.1 Å². The van der Waals surface area contributed by atoms with Gasteiger partial charge in [0.05, 0.1) is 6.42 Å². The molecule has 1 atom stereocenters. The molecule has 0 saturated heterocycles. The third kappa shape index (κ3) is 3.31. The van der Waals surface area contributed by atoms with Gasteiger partial charge in [0.2, 0.25) is 0 Å². The van der Waals surface area contributed by atoms with Gasteiger partial charge in [-0.3, -0.25) is 4.79 Å².